The lowest BCUT2D eigenvalue weighted by Gasteiger charge is -2.25. The van der Waals surface area contributed by atoms with E-state index in [-0.39, 0.29) is 30.1 Å². The molecule has 1 aromatic rings. The second-order valence-corrected chi connectivity index (χ2v) is 6.31. The number of furan rings is 1. The monoisotopic (exact) mass is 305 g/mol. The van der Waals surface area contributed by atoms with Crippen molar-refractivity contribution >= 4 is 17.8 Å². The van der Waals surface area contributed by atoms with Gasteiger partial charge in [0.25, 0.3) is 0 Å². The number of rotatable bonds is 4. The molecule has 6 nitrogen and oxygen atoms in total. The van der Waals surface area contributed by atoms with Crippen molar-refractivity contribution < 1.29 is 23.9 Å². The SMILES string of the molecule is C[C@@H]1CC[C@@H]2C(=O)N([C@@H](CC(=O)O)c3ccco3)C(=O)[C@H]2C1. The van der Waals surface area contributed by atoms with E-state index in [2.05, 4.69) is 6.92 Å². The predicted molar refractivity (Wildman–Crippen MR) is 75.5 cm³/mol. The van der Waals surface area contributed by atoms with E-state index < -0.39 is 12.0 Å². The van der Waals surface area contributed by atoms with E-state index in [0.29, 0.717) is 24.5 Å². The van der Waals surface area contributed by atoms with Crippen LogP contribution in [-0.4, -0.2) is 27.8 Å². The van der Waals surface area contributed by atoms with Crippen LogP contribution in [0, 0.1) is 17.8 Å². The Hall–Kier alpha value is -2.11. The first-order chi connectivity index (χ1) is 10.5. The number of likely N-dealkylation sites (tertiary alicyclic amines) is 1. The average Bonchev–Trinajstić information content (AvgIpc) is 3.06. The summed E-state index contributed by atoms with van der Waals surface area (Å²) in [6.07, 6.45) is 3.41. The van der Waals surface area contributed by atoms with Gasteiger partial charge in [-0.3, -0.25) is 19.3 Å². The minimum Gasteiger partial charge on any atom is -0.481 e. The Balaban J connectivity index is 1.92. The van der Waals surface area contributed by atoms with Gasteiger partial charge in [0.2, 0.25) is 11.8 Å². The molecule has 1 N–H and O–H groups in total. The number of amides is 2. The molecule has 3 rings (SSSR count). The maximum absolute atomic E-state index is 12.7. The van der Waals surface area contributed by atoms with Crippen LogP contribution < -0.4 is 0 Å². The fourth-order valence-corrected chi connectivity index (χ4v) is 3.69. The second kappa shape index (κ2) is 5.59. The van der Waals surface area contributed by atoms with E-state index >= 15 is 0 Å². The normalized spacial score (nSPS) is 29.5. The number of aliphatic carboxylic acids is 1. The molecule has 22 heavy (non-hydrogen) atoms. The lowest BCUT2D eigenvalue weighted by atomic mass is 9.76. The van der Waals surface area contributed by atoms with Gasteiger partial charge in [0, 0.05) is 0 Å². The molecular weight excluding hydrogens is 286 g/mol. The smallest absolute Gasteiger partial charge is 0.305 e. The lowest BCUT2D eigenvalue weighted by molar-refractivity contribution is -0.146. The largest absolute Gasteiger partial charge is 0.481 e. The first kappa shape index (κ1) is 14.8. The van der Waals surface area contributed by atoms with Gasteiger partial charge in [0.1, 0.15) is 11.8 Å². The van der Waals surface area contributed by atoms with Gasteiger partial charge in [-0.2, -0.15) is 0 Å². The van der Waals surface area contributed by atoms with E-state index in [1.807, 2.05) is 0 Å². The Labute approximate surface area is 128 Å². The Morgan fingerprint density at radius 1 is 1.36 bits per heavy atom. The number of fused-ring (bicyclic) bond motifs is 1. The molecule has 4 atom stereocenters. The zero-order chi connectivity index (χ0) is 15.9. The van der Waals surface area contributed by atoms with Crippen molar-refractivity contribution in [3.63, 3.8) is 0 Å². The first-order valence-corrected chi connectivity index (χ1v) is 7.61. The standard InChI is InChI=1S/C16H19NO5/c1-9-4-5-10-11(7-9)16(21)17(15(10)20)12(8-14(18)19)13-3-2-6-22-13/h2-3,6,9-12H,4-5,7-8H2,1H3,(H,18,19)/t9-,10+,11+,12+/m1/s1. The highest BCUT2D eigenvalue weighted by molar-refractivity contribution is 6.05. The van der Waals surface area contributed by atoms with Gasteiger partial charge in [0.05, 0.1) is 24.5 Å². The van der Waals surface area contributed by atoms with Gasteiger partial charge in [0.15, 0.2) is 0 Å². The molecule has 0 aromatic carbocycles. The summed E-state index contributed by atoms with van der Waals surface area (Å²) in [5.74, 6) is -1.40. The number of carboxylic acid groups (broad SMARTS) is 1. The summed E-state index contributed by atoms with van der Waals surface area (Å²) in [7, 11) is 0. The predicted octanol–water partition coefficient (Wildman–Crippen LogP) is 2.22. The molecule has 1 saturated carbocycles. The molecule has 118 valence electrons. The number of hydrogen-bond donors (Lipinski definition) is 1. The van der Waals surface area contributed by atoms with E-state index in [1.165, 1.54) is 6.26 Å². The van der Waals surface area contributed by atoms with Crippen molar-refractivity contribution in [2.75, 3.05) is 0 Å². The molecule has 2 heterocycles. The van der Waals surface area contributed by atoms with Gasteiger partial charge < -0.3 is 9.52 Å². The topological polar surface area (TPSA) is 87.8 Å². The fraction of sp³-hybridized carbons (Fsp3) is 0.562. The minimum absolute atomic E-state index is 0.246. The highest BCUT2D eigenvalue weighted by atomic mass is 16.4. The number of carbonyl (C=O) groups is 3. The molecule has 1 saturated heterocycles. The third kappa shape index (κ3) is 2.42. The molecule has 2 aliphatic rings. The molecule has 0 spiro atoms. The molecule has 0 radical (unpaired) electrons. The summed E-state index contributed by atoms with van der Waals surface area (Å²) in [6, 6.07) is 2.39. The highest BCUT2D eigenvalue weighted by Crippen LogP contribution is 2.44. The van der Waals surface area contributed by atoms with Crippen LogP contribution in [0.4, 0.5) is 0 Å². The summed E-state index contributed by atoms with van der Waals surface area (Å²) in [5, 5.41) is 9.13. The maximum Gasteiger partial charge on any atom is 0.305 e. The van der Waals surface area contributed by atoms with Crippen LogP contribution in [0.15, 0.2) is 22.8 Å². The summed E-state index contributed by atoms with van der Waals surface area (Å²) < 4.78 is 5.27. The van der Waals surface area contributed by atoms with E-state index in [0.717, 1.165) is 11.3 Å². The van der Waals surface area contributed by atoms with E-state index in [9.17, 15) is 14.4 Å². The summed E-state index contributed by atoms with van der Waals surface area (Å²) in [5.41, 5.74) is 0. The summed E-state index contributed by atoms with van der Waals surface area (Å²) in [6.45, 7) is 2.08. The Kier molecular flexibility index (Phi) is 3.76. The maximum atomic E-state index is 12.7. The van der Waals surface area contributed by atoms with Crippen LogP contribution in [0.25, 0.3) is 0 Å². The third-order valence-corrected chi connectivity index (χ3v) is 4.77. The highest BCUT2D eigenvalue weighted by Gasteiger charge is 2.52. The zero-order valence-corrected chi connectivity index (χ0v) is 12.4. The van der Waals surface area contributed by atoms with Crippen molar-refractivity contribution in [1.82, 2.24) is 4.90 Å². The Bertz CT molecular complexity index is 594. The molecule has 2 fully saturated rings. The van der Waals surface area contributed by atoms with Gasteiger partial charge in [-0.15, -0.1) is 0 Å². The van der Waals surface area contributed by atoms with E-state index in [4.69, 9.17) is 9.52 Å². The molecule has 0 unspecified atom stereocenters. The molecule has 1 aromatic heterocycles. The van der Waals surface area contributed by atoms with Crippen molar-refractivity contribution in [3.05, 3.63) is 24.2 Å². The van der Waals surface area contributed by atoms with Crippen molar-refractivity contribution in [3.8, 4) is 0 Å². The van der Waals surface area contributed by atoms with Crippen molar-refractivity contribution in [2.24, 2.45) is 17.8 Å². The minimum atomic E-state index is -1.06. The summed E-state index contributed by atoms with van der Waals surface area (Å²) >= 11 is 0. The molecule has 6 heteroatoms. The molecular formula is C16H19NO5. The zero-order valence-electron chi connectivity index (χ0n) is 12.4. The van der Waals surface area contributed by atoms with Crippen LogP contribution in [0.2, 0.25) is 0 Å². The van der Waals surface area contributed by atoms with Crippen molar-refractivity contribution in [1.29, 1.82) is 0 Å². The van der Waals surface area contributed by atoms with Crippen LogP contribution in [0.5, 0.6) is 0 Å². The van der Waals surface area contributed by atoms with Gasteiger partial charge >= 0.3 is 5.97 Å². The van der Waals surface area contributed by atoms with Crippen LogP contribution in [-0.2, 0) is 14.4 Å². The molecule has 2 amide bonds. The van der Waals surface area contributed by atoms with Crippen LogP contribution in [0.1, 0.15) is 44.4 Å². The third-order valence-electron chi connectivity index (χ3n) is 4.77. The number of imide groups is 1. The van der Waals surface area contributed by atoms with Gasteiger partial charge in [-0.25, -0.2) is 0 Å². The molecule has 1 aliphatic carbocycles. The summed E-state index contributed by atoms with van der Waals surface area (Å²) in [4.78, 5) is 37.6. The molecule has 0 bridgehead atoms. The van der Waals surface area contributed by atoms with Gasteiger partial charge in [-0.1, -0.05) is 6.92 Å². The van der Waals surface area contributed by atoms with E-state index in [1.54, 1.807) is 12.1 Å². The Morgan fingerprint density at radius 2 is 2.09 bits per heavy atom. The lowest BCUT2D eigenvalue weighted by Crippen LogP contribution is -2.36. The first-order valence-electron chi connectivity index (χ1n) is 7.61. The number of nitrogens with zero attached hydrogens (tertiary/aromatic N) is 1. The molecule has 1 aliphatic heterocycles. The number of hydrogen-bond acceptors (Lipinski definition) is 4. The average molecular weight is 305 g/mol. The van der Waals surface area contributed by atoms with Crippen molar-refractivity contribution in [2.45, 2.75) is 38.6 Å². The Morgan fingerprint density at radius 3 is 2.73 bits per heavy atom. The second-order valence-electron chi connectivity index (χ2n) is 6.31. The number of carboxylic acids is 1. The quantitative estimate of drug-likeness (QED) is 0.862. The van der Waals surface area contributed by atoms with Crippen LogP contribution in [0.3, 0.4) is 0 Å². The fourth-order valence-electron chi connectivity index (χ4n) is 3.69. The van der Waals surface area contributed by atoms with Crippen LogP contribution >= 0.6 is 0 Å². The number of carbonyl (C=O) groups excluding carboxylic acids is 2. The van der Waals surface area contributed by atoms with Gasteiger partial charge in [-0.05, 0) is 37.3 Å².